The van der Waals surface area contributed by atoms with Crippen molar-refractivity contribution in [1.29, 1.82) is 0 Å². The Morgan fingerprint density at radius 1 is 0.857 bits per heavy atom. The lowest BCUT2D eigenvalue weighted by molar-refractivity contribution is -0.145. The molecule has 1 saturated heterocycles. The van der Waals surface area contributed by atoms with Crippen molar-refractivity contribution in [3.05, 3.63) is 90.0 Å². The molecule has 0 aromatic heterocycles. The molecular formula is C26H22ClN3O5. The van der Waals surface area contributed by atoms with Crippen LogP contribution in [0.25, 0.3) is 5.70 Å². The Bertz CT molecular complexity index is 1340. The van der Waals surface area contributed by atoms with Crippen molar-refractivity contribution < 1.29 is 23.9 Å². The number of nitrogens with zero attached hydrogens (tertiary/aromatic N) is 1. The first-order chi connectivity index (χ1) is 16.5. The summed E-state index contributed by atoms with van der Waals surface area (Å²) >= 11 is 0. The maximum Gasteiger partial charge on any atom is 0.358 e. The molecule has 0 bridgehead atoms. The van der Waals surface area contributed by atoms with Crippen molar-refractivity contribution in [1.82, 2.24) is 0 Å². The van der Waals surface area contributed by atoms with Gasteiger partial charge in [-0.1, -0.05) is 42.5 Å². The number of para-hydroxylation sites is 2. The largest absolute Gasteiger partial charge is 0.497 e. The summed E-state index contributed by atoms with van der Waals surface area (Å²) in [6, 6.07) is 22.8. The molecule has 1 atom stereocenters. The molecule has 8 nitrogen and oxygen atoms in total. The molecule has 5 rings (SSSR count). The zero-order valence-corrected chi connectivity index (χ0v) is 19.7. The quantitative estimate of drug-likeness (QED) is 0.422. The second-order valence-electron chi connectivity index (χ2n) is 7.78. The van der Waals surface area contributed by atoms with Gasteiger partial charge in [-0.05, 0) is 42.0 Å². The van der Waals surface area contributed by atoms with Crippen molar-refractivity contribution in [2.75, 3.05) is 29.8 Å². The number of fused-ring (bicyclic) bond motifs is 2. The Morgan fingerprint density at radius 2 is 1.49 bits per heavy atom. The van der Waals surface area contributed by atoms with Gasteiger partial charge in [-0.25, -0.2) is 4.79 Å². The molecule has 2 N–H and O–H groups in total. The number of Topliss-reactive ketones (excluding diaryl/α,β-unsaturated/α-hetero) is 1. The molecule has 0 spiro atoms. The number of nitrogens with one attached hydrogen (secondary N) is 2. The maximum atomic E-state index is 13.6. The van der Waals surface area contributed by atoms with E-state index in [9.17, 15) is 14.4 Å². The number of halogens is 1. The minimum atomic E-state index is -1.94. The molecule has 35 heavy (non-hydrogen) atoms. The highest BCUT2D eigenvalue weighted by Gasteiger charge is 2.64. The fourth-order valence-corrected chi connectivity index (χ4v) is 4.40. The van der Waals surface area contributed by atoms with Crippen LogP contribution in [0.3, 0.4) is 0 Å². The van der Waals surface area contributed by atoms with E-state index in [4.69, 9.17) is 9.47 Å². The number of carbonyl (C=O) groups excluding carboxylic acids is 3. The van der Waals surface area contributed by atoms with Gasteiger partial charge in [0, 0.05) is 5.69 Å². The van der Waals surface area contributed by atoms with Crippen molar-refractivity contribution >= 4 is 52.8 Å². The monoisotopic (exact) mass is 491 g/mol. The van der Waals surface area contributed by atoms with Crippen LogP contribution in [0, 0.1) is 0 Å². The van der Waals surface area contributed by atoms with Gasteiger partial charge in [-0.2, -0.15) is 0 Å². The third-order valence-electron chi connectivity index (χ3n) is 5.95. The van der Waals surface area contributed by atoms with Crippen molar-refractivity contribution in [2.24, 2.45) is 0 Å². The Labute approximate surface area is 207 Å². The van der Waals surface area contributed by atoms with Crippen LogP contribution < -0.4 is 20.3 Å². The highest BCUT2D eigenvalue weighted by molar-refractivity contribution is 6.55. The summed E-state index contributed by atoms with van der Waals surface area (Å²) in [6.07, 6.45) is 0. The van der Waals surface area contributed by atoms with Gasteiger partial charge in [0.05, 0.1) is 36.9 Å². The van der Waals surface area contributed by atoms with Crippen molar-refractivity contribution in [3.63, 3.8) is 0 Å². The average Bonchev–Trinajstić information content (AvgIpc) is 3.01. The van der Waals surface area contributed by atoms with Crippen LogP contribution in [-0.4, -0.2) is 37.5 Å². The van der Waals surface area contributed by atoms with Gasteiger partial charge >= 0.3 is 11.9 Å². The van der Waals surface area contributed by atoms with E-state index in [2.05, 4.69) is 10.6 Å². The highest BCUT2D eigenvalue weighted by atomic mass is 35.5. The number of ether oxygens (including phenoxy) is 2. The number of ketones is 1. The summed E-state index contributed by atoms with van der Waals surface area (Å²) in [5, 5.41) is 6.46. The average molecular weight is 492 g/mol. The second kappa shape index (κ2) is 9.15. The first kappa shape index (κ1) is 23.8. The van der Waals surface area contributed by atoms with E-state index >= 15 is 0 Å². The van der Waals surface area contributed by atoms with Gasteiger partial charge in [0.25, 0.3) is 11.4 Å². The summed E-state index contributed by atoms with van der Waals surface area (Å²) < 4.78 is 10.4. The van der Waals surface area contributed by atoms with Gasteiger partial charge in [-0.3, -0.25) is 14.5 Å². The number of methoxy groups -OCH3 is 2. The van der Waals surface area contributed by atoms with E-state index in [-0.39, 0.29) is 18.0 Å². The molecule has 0 saturated carbocycles. The zero-order chi connectivity index (χ0) is 23.9. The van der Waals surface area contributed by atoms with E-state index in [0.29, 0.717) is 34.1 Å². The predicted octanol–water partition coefficient (Wildman–Crippen LogP) is 3.85. The van der Waals surface area contributed by atoms with Crippen LogP contribution in [-0.2, 0) is 19.1 Å². The molecule has 1 unspecified atom stereocenters. The maximum absolute atomic E-state index is 13.6. The SMILES string of the molecule is COC(=O)C12Nc3ccccc3NC(c3ccccc3)=C1C(=O)C(=O)N2c1ccc(OC)cc1.Cl. The molecule has 178 valence electrons. The number of esters is 1. The highest BCUT2D eigenvalue weighted by Crippen LogP contribution is 2.46. The van der Waals surface area contributed by atoms with Crippen LogP contribution in [0.4, 0.5) is 17.1 Å². The Kier molecular flexibility index (Phi) is 6.24. The van der Waals surface area contributed by atoms with Gasteiger partial charge in [0.2, 0.25) is 0 Å². The number of anilines is 3. The third-order valence-corrected chi connectivity index (χ3v) is 5.95. The molecule has 2 aliphatic rings. The van der Waals surface area contributed by atoms with E-state index in [1.54, 1.807) is 48.5 Å². The standard InChI is InChI=1S/C26H21N3O5.ClH/c1-33-18-14-12-17(13-15-18)29-24(31)23(30)21-22(16-8-4-3-5-9-16)27-19-10-6-7-11-20(19)28-26(21,29)25(32)34-2;/h3-15,27-28H,1-2H3;1H. The molecule has 3 aromatic carbocycles. The van der Waals surface area contributed by atoms with Crippen LogP contribution in [0.15, 0.2) is 84.4 Å². The van der Waals surface area contributed by atoms with Crippen LogP contribution >= 0.6 is 12.4 Å². The normalized spacial score (nSPS) is 18.4. The van der Waals surface area contributed by atoms with E-state index in [1.807, 2.05) is 30.3 Å². The van der Waals surface area contributed by atoms with Gasteiger partial charge in [0.1, 0.15) is 5.75 Å². The third kappa shape index (κ3) is 3.59. The minimum absolute atomic E-state index is 0. The van der Waals surface area contributed by atoms with Crippen LogP contribution in [0.2, 0.25) is 0 Å². The minimum Gasteiger partial charge on any atom is -0.497 e. The molecule has 1 fully saturated rings. The fourth-order valence-electron chi connectivity index (χ4n) is 4.40. The zero-order valence-electron chi connectivity index (χ0n) is 18.9. The Balaban J connectivity index is 0.00000289. The van der Waals surface area contributed by atoms with Crippen LogP contribution in [0.5, 0.6) is 5.75 Å². The lowest BCUT2D eigenvalue weighted by Crippen LogP contribution is -2.59. The number of hydrogen-bond donors (Lipinski definition) is 2. The van der Waals surface area contributed by atoms with E-state index < -0.39 is 23.3 Å². The summed E-state index contributed by atoms with van der Waals surface area (Å²) in [5.74, 6) is -1.90. The molecule has 2 heterocycles. The first-order valence-corrected chi connectivity index (χ1v) is 10.6. The molecule has 0 aliphatic carbocycles. The summed E-state index contributed by atoms with van der Waals surface area (Å²) in [7, 11) is 2.75. The smallest absolute Gasteiger partial charge is 0.358 e. The molecule has 0 radical (unpaired) electrons. The summed E-state index contributed by atoms with van der Waals surface area (Å²) in [4.78, 5) is 41.8. The molecule has 1 amide bonds. The fraction of sp³-hybridized carbons (Fsp3) is 0.115. The second-order valence-corrected chi connectivity index (χ2v) is 7.78. The number of hydrogen-bond acceptors (Lipinski definition) is 7. The topological polar surface area (TPSA) is 97.0 Å². The number of rotatable bonds is 4. The Morgan fingerprint density at radius 3 is 2.11 bits per heavy atom. The molecular weight excluding hydrogens is 470 g/mol. The lowest BCUT2D eigenvalue weighted by atomic mass is 9.93. The number of carbonyl (C=O) groups is 3. The Hall–Kier alpha value is -4.30. The molecule has 9 heteroatoms. The van der Waals surface area contributed by atoms with Crippen molar-refractivity contribution in [2.45, 2.75) is 5.66 Å². The van der Waals surface area contributed by atoms with E-state index in [1.165, 1.54) is 14.2 Å². The molecule has 2 aliphatic heterocycles. The van der Waals surface area contributed by atoms with Crippen LogP contribution in [0.1, 0.15) is 5.56 Å². The van der Waals surface area contributed by atoms with Crippen molar-refractivity contribution in [3.8, 4) is 5.75 Å². The van der Waals surface area contributed by atoms with E-state index in [0.717, 1.165) is 4.90 Å². The predicted molar refractivity (Wildman–Crippen MR) is 135 cm³/mol. The first-order valence-electron chi connectivity index (χ1n) is 10.6. The molecule has 3 aromatic rings. The number of benzene rings is 3. The van der Waals surface area contributed by atoms with Gasteiger partial charge in [-0.15, -0.1) is 12.4 Å². The summed E-state index contributed by atoms with van der Waals surface area (Å²) in [5.41, 5.74) is 0.502. The van der Waals surface area contributed by atoms with Gasteiger partial charge in [0.15, 0.2) is 0 Å². The number of amides is 1. The summed E-state index contributed by atoms with van der Waals surface area (Å²) in [6.45, 7) is 0. The van der Waals surface area contributed by atoms with Gasteiger partial charge < -0.3 is 20.1 Å². The lowest BCUT2D eigenvalue weighted by Gasteiger charge is -2.36.